The smallest absolute Gasteiger partial charge is 0.240 e. The zero-order valence-electron chi connectivity index (χ0n) is 10.8. The number of sulfonamides is 1. The average Bonchev–Trinajstić information content (AvgIpc) is 2.34. The van der Waals surface area contributed by atoms with E-state index in [0.29, 0.717) is 13.0 Å². The van der Waals surface area contributed by atoms with E-state index in [-0.39, 0.29) is 17.9 Å². The number of nitrogens with two attached hydrogens (primary N) is 2. The van der Waals surface area contributed by atoms with E-state index in [0.717, 1.165) is 11.1 Å². The molecule has 1 aromatic carbocycles. The molecule has 0 saturated heterocycles. The maximum Gasteiger partial charge on any atom is 0.240 e. The Hall–Kier alpha value is -1.44. The lowest BCUT2D eigenvalue weighted by molar-refractivity contribution is -0.118. The third-order valence-corrected chi connectivity index (χ3v) is 4.20. The highest BCUT2D eigenvalue weighted by molar-refractivity contribution is 7.89. The zero-order valence-corrected chi connectivity index (χ0v) is 11.7. The SMILES string of the molecule is Cc1cc(S(=O)(=O)NCCCC(N)=O)ccc1CN. The molecule has 0 radical (unpaired) electrons. The van der Waals surface area contributed by atoms with Crippen LogP contribution in [0, 0.1) is 6.92 Å². The lowest BCUT2D eigenvalue weighted by Gasteiger charge is -2.09. The number of carbonyl (C=O) groups excluding carboxylic acids is 1. The Morgan fingerprint density at radius 3 is 2.58 bits per heavy atom. The van der Waals surface area contributed by atoms with E-state index in [9.17, 15) is 13.2 Å². The number of primary amides is 1. The standard InChI is InChI=1S/C12H19N3O3S/c1-9-7-11(5-4-10(9)8-13)19(17,18)15-6-2-3-12(14)16/h4-5,7,15H,2-3,6,8,13H2,1H3,(H2,14,16). The third kappa shape index (κ3) is 4.62. The van der Waals surface area contributed by atoms with Gasteiger partial charge in [-0.15, -0.1) is 0 Å². The first-order valence-corrected chi connectivity index (χ1v) is 7.42. The van der Waals surface area contributed by atoms with Crippen LogP contribution in [0.3, 0.4) is 0 Å². The van der Waals surface area contributed by atoms with E-state index < -0.39 is 15.9 Å². The lowest BCUT2D eigenvalue weighted by atomic mass is 10.1. The fourth-order valence-corrected chi connectivity index (χ4v) is 2.78. The summed E-state index contributed by atoms with van der Waals surface area (Å²) in [4.78, 5) is 10.7. The minimum Gasteiger partial charge on any atom is -0.370 e. The Balaban J connectivity index is 2.72. The first-order valence-electron chi connectivity index (χ1n) is 5.94. The third-order valence-electron chi connectivity index (χ3n) is 2.74. The molecule has 1 rings (SSSR count). The fourth-order valence-electron chi connectivity index (χ4n) is 1.62. The Labute approximate surface area is 113 Å². The van der Waals surface area contributed by atoms with Crippen molar-refractivity contribution in [2.75, 3.05) is 6.54 Å². The monoisotopic (exact) mass is 285 g/mol. The van der Waals surface area contributed by atoms with Crippen molar-refractivity contribution in [1.29, 1.82) is 0 Å². The molecular formula is C12H19N3O3S. The summed E-state index contributed by atoms with van der Waals surface area (Å²) >= 11 is 0. The van der Waals surface area contributed by atoms with Crippen molar-refractivity contribution in [2.24, 2.45) is 11.5 Å². The summed E-state index contributed by atoms with van der Waals surface area (Å²) in [5.41, 5.74) is 12.3. The molecule has 106 valence electrons. The van der Waals surface area contributed by atoms with E-state index in [1.807, 2.05) is 6.92 Å². The van der Waals surface area contributed by atoms with Gasteiger partial charge in [0.25, 0.3) is 0 Å². The van der Waals surface area contributed by atoms with E-state index in [4.69, 9.17) is 11.5 Å². The van der Waals surface area contributed by atoms with Gasteiger partial charge in [0, 0.05) is 19.5 Å². The molecule has 5 N–H and O–H groups in total. The van der Waals surface area contributed by atoms with Crippen molar-refractivity contribution in [3.8, 4) is 0 Å². The van der Waals surface area contributed by atoms with Crippen molar-refractivity contribution < 1.29 is 13.2 Å². The fraction of sp³-hybridized carbons (Fsp3) is 0.417. The molecule has 0 heterocycles. The van der Waals surface area contributed by atoms with Crippen LogP contribution >= 0.6 is 0 Å². The Bertz CT molecular complexity index is 555. The normalized spacial score (nSPS) is 11.5. The van der Waals surface area contributed by atoms with Crippen LogP contribution in [0.4, 0.5) is 0 Å². The molecule has 0 aliphatic carbocycles. The van der Waals surface area contributed by atoms with Crippen molar-refractivity contribution in [2.45, 2.75) is 31.2 Å². The minimum atomic E-state index is -3.55. The second-order valence-corrected chi connectivity index (χ2v) is 6.03. The molecule has 0 saturated carbocycles. The van der Waals surface area contributed by atoms with Gasteiger partial charge in [0.15, 0.2) is 0 Å². The molecule has 0 fully saturated rings. The van der Waals surface area contributed by atoms with Crippen molar-refractivity contribution in [3.63, 3.8) is 0 Å². The summed E-state index contributed by atoms with van der Waals surface area (Å²) in [5.74, 6) is -0.442. The molecule has 0 spiro atoms. The van der Waals surface area contributed by atoms with Gasteiger partial charge in [-0.2, -0.15) is 0 Å². The van der Waals surface area contributed by atoms with Crippen LogP contribution in [-0.4, -0.2) is 20.9 Å². The molecule has 7 heteroatoms. The van der Waals surface area contributed by atoms with Gasteiger partial charge in [-0.3, -0.25) is 4.79 Å². The lowest BCUT2D eigenvalue weighted by Crippen LogP contribution is -2.26. The second-order valence-electron chi connectivity index (χ2n) is 4.26. The van der Waals surface area contributed by atoms with Crippen LogP contribution in [0.5, 0.6) is 0 Å². The zero-order chi connectivity index (χ0) is 14.5. The summed E-state index contributed by atoms with van der Waals surface area (Å²) in [5, 5.41) is 0. The minimum absolute atomic E-state index is 0.160. The van der Waals surface area contributed by atoms with Crippen LogP contribution in [0.1, 0.15) is 24.0 Å². The predicted octanol–water partition coefficient (Wildman–Crippen LogP) is -0.00248. The maximum atomic E-state index is 12.0. The number of carbonyl (C=O) groups is 1. The summed E-state index contributed by atoms with van der Waals surface area (Å²) in [7, 11) is -3.55. The number of benzene rings is 1. The predicted molar refractivity (Wildman–Crippen MR) is 72.7 cm³/mol. The number of amides is 1. The molecule has 0 aromatic heterocycles. The summed E-state index contributed by atoms with van der Waals surface area (Å²) < 4.78 is 26.4. The van der Waals surface area contributed by atoms with Gasteiger partial charge >= 0.3 is 0 Å². The molecule has 6 nitrogen and oxygen atoms in total. The van der Waals surface area contributed by atoms with Gasteiger partial charge in [0.2, 0.25) is 15.9 Å². The highest BCUT2D eigenvalue weighted by Crippen LogP contribution is 2.15. The largest absolute Gasteiger partial charge is 0.370 e. The molecule has 19 heavy (non-hydrogen) atoms. The first kappa shape index (κ1) is 15.6. The molecular weight excluding hydrogens is 266 g/mol. The number of nitrogens with one attached hydrogen (secondary N) is 1. The Kier molecular flexibility index (Phi) is 5.46. The molecule has 0 bridgehead atoms. The maximum absolute atomic E-state index is 12.0. The van der Waals surface area contributed by atoms with Gasteiger partial charge < -0.3 is 11.5 Å². The topological polar surface area (TPSA) is 115 Å². The van der Waals surface area contributed by atoms with Crippen LogP contribution in [0.2, 0.25) is 0 Å². The molecule has 1 amide bonds. The number of rotatable bonds is 7. The highest BCUT2D eigenvalue weighted by atomic mass is 32.2. The number of hydrogen-bond donors (Lipinski definition) is 3. The van der Waals surface area contributed by atoms with E-state index in [1.54, 1.807) is 12.1 Å². The highest BCUT2D eigenvalue weighted by Gasteiger charge is 2.14. The average molecular weight is 285 g/mol. The molecule has 0 aliphatic rings. The Morgan fingerprint density at radius 2 is 2.05 bits per heavy atom. The van der Waals surface area contributed by atoms with Crippen LogP contribution < -0.4 is 16.2 Å². The Morgan fingerprint density at radius 1 is 1.37 bits per heavy atom. The number of aryl methyl sites for hydroxylation is 1. The van der Waals surface area contributed by atoms with Crippen molar-refractivity contribution in [3.05, 3.63) is 29.3 Å². The van der Waals surface area contributed by atoms with Crippen LogP contribution in [0.15, 0.2) is 23.1 Å². The molecule has 0 atom stereocenters. The van der Waals surface area contributed by atoms with E-state index >= 15 is 0 Å². The molecule has 1 aromatic rings. The van der Waals surface area contributed by atoms with Gasteiger partial charge in [-0.1, -0.05) is 6.07 Å². The first-order chi connectivity index (χ1) is 8.86. The van der Waals surface area contributed by atoms with Crippen LogP contribution in [-0.2, 0) is 21.4 Å². The number of hydrogen-bond acceptors (Lipinski definition) is 4. The van der Waals surface area contributed by atoms with Crippen molar-refractivity contribution in [1.82, 2.24) is 4.72 Å². The summed E-state index contributed by atoms with van der Waals surface area (Å²) in [6, 6.07) is 4.80. The van der Waals surface area contributed by atoms with Gasteiger partial charge in [-0.25, -0.2) is 13.1 Å². The molecule has 0 aliphatic heterocycles. The summed E-state index contributed by atoms with van der Waals surface area (Å²) in [6.07, 6.45) is 0.544. The van der Waals surface area contributed by atoms with Crippen LogP contribution in [0.25, 0.3) is 0 Å². The second kappa shape index (κ2) is 6.65. The van der Waals surface area contributed by atoms with Crippen molar-refractivity contribution >= 4 is 15.9 Å². The molecule has 0 unspecified atom stereocenters. The quantitative estimate of drug-likeness (QED) is 0.611. The summed E-state index contributed by atoms with van der Waals surface area (Å²) in [6.45, 7) is 2.37. The van der Waals surface area contributed by atoms with E-state index in [2.05, 4.69) is 4.72 Å². The van der Waals surface area contributed by atoms with Gasteiger partial charge in [0.05, 0.1) is 4.90 Å². The van der Waals surface area contributed by atoms with Gasteiger partial charge in [0.1, 0.15) is 0 Å². The van der Waals surface area contributed by atoms with E-state index in [1.165, 1.54) is 6.07 Å². The van der Waals surface area contributed by atoms with Gasteiger partial charge in [-0.05, 0) is 36.6 Å².